The van der Waals surface area contributed by atoms with Crippen molar-refractivity contribution in [2.75, 3.05) is 9.80 Å². The average Bonchev–Trinajstić information content (AvgIpc) is 3.47. The maximum Gasteiger partial charge on any atom is 0.264 e. The molecular formula is C42H39BN2S. The van der Waals surface area contributed by atoms with Crippen LogP contribution in [-0.4, -0.2) is 6.71 Å². The first-order valence-electron chi connectivity index (χ1n) is 17.9. The van der Waals surface area contributed by atoms with Gasteiger partial charge in [0.1, 0.15) is 0 Å². The predicted molar refractivity (Wildman–Crippen MR) is 195 cm³/mol. The van der Waals surface area contributed by atoms with Crippen molar-refractivity contribution in [2.45, 2.75) is 69.6 Å². The lowest BCUT2D eigenvalue weighted by Crippen LogP contribution is -2.60. The molecule has 46 heavy (non-hydrogen) atoms. The molecule has 4 bridgehead atoms. The van der Waals surface area contributed by atoms with Gasteiger partial charge < -0.3 is 9.80 Å². The van der Waals surface area contributed by atoms with E-state index >= 15 is 0 Å². The van der Waals surface area contributed by atoms with Gasteiger partial charge in [-0.3, -0.25) is 0 Å². The van der Waals surface area contributed by atoms with Crippen LogP contribution in [0.25, 0.3) is 0 Å². The topological polar surface area (TPSA) is 6.48 Å². The maximum absolute atomic E-state index is 2.73. The third-order valence-corrected chi connectivity index (χ3v) is 14.1. The Balaban J connectivity index is 1.25. The molecule has 0 spiro atoms. The highest BCUT2D eigenvalue weighted by Crippen LogP contribution is 2.62. The van der Waals surface area contributed by atoms with Crippen molar-refractivity contribution in [3.05, 3.63) is 113 Å². The summed E-state index contributed by atoms with van der Waals surface area (Å²) in [6, 6.07) is 37.3. The van der Waals surface area contributed by atoms with Gasteiger partial charge in [-0.05, 0) is 152 Å². The molecule has 5 aliphatic carbocycles. The summed E-state index contributed by atoms with van der Waals surface area (Å²) < 4.78 is 1.56. The van der Waals surface area contributed by atoms with Crippen molar-refractivity contribution >= 4 is 67.9 Å². The molecule has 2 aliphatic heterocycles. The molecule has 4 fully saturated rings. The van der Waals surface area contributed by atoms with Gasteiger partial charge in [-0.15, -0.1) is 0 Å². The van der Waals surface area contributed by atoms with Crippen LogP contribution in [0.5, 0.6) is 0 Å². The summed E-state index contributed by atoms with van der Waals surface area (Å²) in [5.41, 5.74) is 14.8. The largest absolute Gasteiger partial charge is 0.311 e. The molecule has 3 heterocycles. The molecule has 7 aliphatic rings. The molecule has 2 nitrogen and oxygen atoms in total. The Morgan fingerprint density at radius 2 is 1.22 bits per heavy atom. The molecule has 0 unspecified atom stereocenters. The Morgan fingerprint density at radius 3 is 1.91 bits per heavy atom. The van der Waals surface area contributed by atoms with E-state index in [2.05, 4.69) is 118 Å². The van der Waals surface area contributed by atoms with Crippen molar-refractivity contribution in [1.82, 2.24) is 0 Å². The standard InChI is InChI=1S/C42H39BN2S/c1-3-11-31(12-4-1)44-35-17-9-8-16-34(35)43-39-36(44)22-30(42-24-27-19-28(25-42)21-29(20-27)26-42)23-37(39)45(32-13-5-2-6-14-32)40-33-15-7-10-18-38(33)46-41(40)43/h1-6,8-9,11-14,16-17,22-23,27-29H,7,10,15,18-21,24-26H2. The molecule has 226 valence electrons. The smallest absolute Gasteiger partial charge is 0.264 e. The number of benzene rings is 4. The van der Waals surface area contributed by atoms with Gasteiger partial charge in [-0.25, -0.2) is 0 Å². The Labute approximate surface area is 277 Å². The predicted octanol–water partition coefficient (Wildman–Crippen LogP) is 9.18. The summed E-state index contributed by atoms with van der Waals surface area (Å²) in [6.07, 6.45) is 13.6. The number of hydrogen-bond donors (Lipinski definition) is 0. The minimum Gasteiger partial charge on any atom is -0.311 e. The van der Waals surface area contributed by atoms with Crippen LogP contribution >= 0.6 is 11.3 Å². The third kappa shape index (κ3) is 3.60. The lowest BCUT2D eigenvalue weighted by molar-refractivity contribution is -0.00514. The normalized spacial score (nSPS) is 26.4. The second-order valence-corrected chi connectivity index (χ2v) is 16.5. The second-order valence-electron chi connectivity index (χ2n) is 15.4. The van der Waals surface area contributed by atoms with Crippen molar-refractivity contribution in [3.8, 4) is 0 Å². The zero-order valence-corrected chi connectivity index (χ0v) is 27.2. The fourth-order valence-electron chi connectivity index (χ4n) is 11.4. The number of anilines is 6. The Hall–Kier alpha value is -3.76. The summed E-state index contributed by atoms with van der Waals surface area (Å²) in [5.74, 6) is 2.74. The zero-order chi connectivity index (χ0) is 30.0. The van der Waals surface area contributed by atoms with E-state index in [9.17, 15) is 0 Å². The van der Waals surface area contributed by atoms with Gasteiger partial charge >= 0.3 is 0 Å². The molecule has 1 aromatic heterocycles. The first-order valence-corrected chi connectivity index (χ1v) is 18.7. The van der Waals surface area contributed by atoms with Gasteiger partial charge in [0, 0.05) is 38.1 Å². The van der Waals surface area contributed by atoms with Gasteiger partial charge in [-0.1, -0.05) is 54.6 Å². The van der Waals surface area contributed by atoms with Crippen LogP contribution in [0.15, 0.2) is 97.1 Å². The molecule has 0 amide bonds. The van der Waals surface area contributed by atoms with Crippen molar-refractivity contribution in [3.63, 3.8) is 0 Å². The number of para-hydroxylation sites is 3. The van der Waals surface area contributed by atoms with Crippen molar-refractivity contribution in [2.24, 2.45) is 17.8 Å². The van der Waals surface area contributed by atoms with E-state index < -0.39 is 0 Å². The highest BCUT2D eigenvalue weighted by molar-refractivity contribution is 7.29. The van der Waals surface area contributed by atoms with Crippen LogP contribution in [0, 0.1) is 17.8 Å². The fraction of sp³-hybridized carbons (Fsp3) is 0.333. The molecule has 12 rings (SSSR count). The Morgan fingerprint density at radius 1 is 0.630 bits per heavy atom. The minimum atomic E-state index is 0.261. The zero-order valence-electron chi connectivity index (χ0n) is 26.4. The molecule has 5 aromatic rings. The summed E-state index contributed by atoms with van der Waals surface area (Å²) in [5, 5.41) is 0. The van der Waals surface area contributed by atoms with Gasteiger partial charge in [0.15, 0.2) is 0 Å². The highest BCUT2D eigenvalue weighted by Gasteiger charge is 2.53. The van der Waals surface area contributed by atoms with Gasteiger partial charge in [-0.2, -0.15) is 11.3 Å². The monoisotopic (exact) mass is 614 g/mol. The summed E-state index contributed by atoms with van der Waals surface area (Å²) >= 11 is 2.13. The molecule has 0 atom stereocenters. The van der Waals surface area contributed by atoms with Gasteiger partial charge in [0.25, 0.3) is 6.71 Å². The van der Waals surface area contributed by atoms with E-state index in [-0.39, 0.29) is 6.71 Å². The summed E-state index contributed by atoms with van der Waals surface area (Å²) in [4.78, 5) is 6.99. The average molecular weight is 615 g/mol. The number of thiophene rings is 1. The second kappa shape index (κ2) is 9.64. The number of aryl methyl sites for hydroxylation is 1. The Kier molecular flexibility index (Phi) is 5.52. The first kappa shape index (κ1) is 26.3. The van der Waals surface area contributed by atoms with Crippen LogP contribution in [0.1, 0.15) is 67.4 Å². The van der Waals surface area contributed by atoms with E-state index in [1.54, 1.807) is 20.8 Å². The fourth-order valence-corrected chi connectivity index (χ4v) is 12.9. The minimum absolute atomic E-state index is 0.261. The molecular weight excluding hydrogens is 575 g/mol. The molecule has 4 saturated carbocycles. The van der Waals surface area contributed by atoms with E-state index in [0.29, 0.717) is 5.41 Å². The quantitative estimate of drug-likeness (QED) is 0.183. The molecule has 4 aromatic carbocycles. The third-order valence-electron chi connectivity index (χ3n) is 12.7. The van der Waals surface area contributed by atoms with Crippen molar-refractivity contribution in [1.29, 1.82) is 0 Å². The lowest BCUT2D eigenvalue weighted by Gasteiger charge is -2.57. The lowest BCUT2D eigenvalue weighted by atomic mass is 9.36. The van der Waals surface area contributed by atoms with Gasteiger partial charge in [0.2, 0.25) is 0 Å². The summed E-state index contributed by atoms with van der Waals surface area (Å²) in [7, 11) is 0. The molecule has 4 heteroatoms. The van der Waals surface area contributed by atoms with E-state index in [4.69, 9.17) is 0 Å². The number of rotatable bonds is 3. The van der Waals surface area contributed by atoms with E-state index in [0.717, 1.165) is 17.8 Å². The Bertz CT molecular complexity index is 1980. The molecule has 0 N–H and O–H groups in total. The number of hydrogen-bond acceptors (Lipinski definition) is 3. The van der Waals surface area contributed by atoms with Crippen LogP contribution in [0.2, 0.25) is 0 Å². The van der Waals surface area contributed by atoms with Crippen molar-refractivity contribution < 1.29 is 0 Å². The highest BCUT2D eigenvalue weighted by atomic mass is 32.1. The maximum atomic E-state index is 2.73. The van der Waals surface area contributed by atoms with Crippen LogP contribution in [0.3, 0.4) is 0 Å². The first-order chi connectivity index (χ1) is 22.7. The van der Waals surface area contributed by atoms with Gasteiger partial charge in [0.05, 0.1) is 5.69 Å². The SMILES string of the molecule is c1ccc(N2c3ccccc3B3c4sc5c(c4N(c4ccccc4)c4cc(C67CC8CC(CC(C8)C6)C7)cc2c43)CCCC5)cc1. The van der Waals surface area contributed by atoms with E-state index in [1.807, 2.05) is 0 Å². The van der Waals surface area contributed by atoms with Crippen LogP contribution in [0.4, 0.5) is 34.1 Å². The molecule has 0 saturated heterocycles. The van der Waals surface area contributed by atoms with Crippen LogP contribution in [-0.2, 0) is 18.3 Å². The summed E-state index contributed by atoms with van der Waals surface area (Å²) in [6.45, 7) is 0.261. The van der Waals surface area contributed by atoms with E-state index in [1.165, 1.54) is 109 Å². The number of nitrogens with zero attached hydrogens (tertiary/aromatic N) is 2. The number of fused-ring (bicyclic) bond motifs is 6. The molecule has 0 radical (unpaired) electrons. The van der Waals surface area contributed by atoms with Crippen LogP contribution < -0.4 is 25.5 Å².